The predicted molar refractivity (Wildman–Crippen MR) is 56.8 cm³/mol. The summed E-state index contributed by atoms with van der Waals surface area (Å²) in [5.74, 6) is 0. The van der Waals surface area contributed by atoms with Gasteiger partial charge in [0.2, 0.25) is 0 Å². The summed E-state index contributed by atoms with van der Waals surface area (Å²) in [5.41, 5.74) is 2.30. The van der Waals surface area contributed by atoms with E-state index < -0.39 is 0 Å². The first-order valence-electron chi connectivity index (χ1n) is 4.81. The van der Waals surface area contributed by atoms with Crippen molar-refractivity contribution < 1.29 is 0 Å². The molecule has 1 aromatic heterocycles. The van der Waals surface area contributed by atoms with Crippen molar-refractivity contribution in [2.24, 2.45) is 0 Å². The molecule has 0 aliphatic rings. The van der Waals surface area contributed by atoms with Crippen molar-refractivity contribution in [1.29, 1.82) is 0 Å². The molecule has 0 fully saturated rings. The monoisotopic (exact) mass is 176 g/mol. The zero-order chi connectivity index (χ0) is 9.68. The molecule has 0 N–H and O–H groups in total. The zero-order valence-corrected chi connectivity index (χ0v) is 8.49. The first kappa shape index (κ1) is 9.78. The molecule has 0 spiro atoms. The zero-order valence-electron chi connectivity index (χ0n) is 8.49. The number of rotatable bonds is 1. The number of aryl methyl sites for hydroxylation is 1. The molecule has 0 aliphatic heterocycles. The number of para-hydroxylation sites is 2. The molecule has 0 saturated carbocycles. The Balaban J connectivity index is 0.000000396. The lowest BCUT2D eigenvalue weighted by Crippen LogP contribution is -1.89. The molecule has 0 saturated heterocycles. The van der Waals surface area contributed by atoms with Gasteiger partial charge in [0.25, 0.3) is 0 Å². The van der Waals surface area contributed by atoms with E-state index in [1.54, 1.807) is 0 Å². The van der Waals surface area contributed by atoms with Crippen LogP contribution in [0.25, 0.3) is 11.0 Å². The van der Waals surface area contributed by atoms with Crippen molar-refractivity contribution in [3.8, 4) is 0 Å². The van der Waals surface area contributed by atoms with E-state index in [1.165, 1.54) is 5.52 Å². The quantitative estimate of drug-likeness (QED) is 0.653. The van der Waals surface area contributed by atoms with Crippen molar-refractivity contribution in [3.63, 3.8) is 0 Å². The molecule has 0 radical (unpaired) electrons. The minimum absolute atomic E-state index is 0.987. The minimum atomic E-state index is 0.987. The lowest BCUT2D eigenvalue weighted by atomic mass is 10.3. The highest BCUT2D eigenvalue weighted by Crippen LogP contribution is 2.10. The lowest BCUT2D eigenvalue weighted by molar-refractivity contribution is 0.787. The smallest absolute Gasteiger partial charge is 0.0958 e. The van der Waals surface area contributed by atoms with Crippen LogP contribution in [0.3, 0.4) is 0 Å². The molecular formula is C11H16N2. The molecule has 70 valence electrons. The van der Waals surface area contributed by atoms with Crippen LogP contribution in [-0.2, 0) is 6.54 Å². The SMILES string of the molecule is CC.CCn1cnc2ccccc21. The minimum Gasteiger partial charge on any atom is -0.331 e. The van der Waals surface area contributed by atoms with E-state index in [0.717, 1.165) is 12.1 Å². The van der Waals surface area contributed by atoms with E-state index in [1.807, 2.05) is 38.4 Å². The third-order valence-electron chi connectivity index (χ3n) is 1.87. The van der Waals surface area contributed by atoms with Gasteiger partial charge in [0.15, 0.2) is 0 Å². The van der Waals surface area contributed by atoms with Gasteiger partial charge in [0, 0.05) is 6.54 Å². The van der Waals surface area contributed by atoms with Crippen molar-refractivity contribution in [2.75, 3.05) is 0 Å². The van der Waals surface area contributed by atoms with Gasteiger partial charge in [-0.25, -0.2) is 4.98 Å². The van der Waals surface area contributed by atoms with Gasteiger partial charge in [-0.05, 0) is 19.1 Å². The molecule has 0 aliphatic carbocycles. The van der Waals surface area contributed by atoms with Crippen LogP contribution in [0.15, 0.2) is 30.6 Å². The number of imidazole rings is 1. The van der Waals surface area contributed by atoms with Crippen LogP contribution in [0, 0.1) is 0 Å². The maximum Gasteiger partial charge on any atom is 0.0958 e. The van der Waals surface area contributed by atoms with Crippen LogP contribution in [0.1, 0.15) is 20.8 Å². The molecule has 2 aromatic rings. The number of nitrogens with zero attached hydrogens (tertiary/aromatic N) is 2. The molecule has 1 aromatic carbocycles. The van der Waals surface area contributed by atoms with Crippen LogP contribution in [0.2, 0.25) is 0 Å². The summed E-state index contributed by atoms with van der Waals surface area (Å²) in [4.78, 5) is 4.25. The van der Waals surface area contributed by atoms with Crippen LogP contribution in [0.4, 0.5) is 0 Å². The maximum absolute atomic E-state index is 4.25. The highest BCUT2D eigenvalue weighted by atomic mass is 15.0. The topological polar surface area (TPSA) is 17.8 Å². The second-order valence-corrected chi connectivity index (χ2v) is 2.52. The number of aromatic nitrogens is 2. The Morgan fingerprint density at radius 3 is 2.62 bits per heavy atom. The van der Waals surface area contributed by atoms with Crippen molar-refractivity contribution in [2.45, 2.75) is 27.3 Å². The van der Waals surface area contributed by atoms with E-state index in [-0.39, 0.29) is 0 Å². The largest absolute Gasteiger partial charge is 0.331 e. The number of hydrogen-bond donors (Lipinski definition) is 0. The van der Waals surface area contributed by atoms with Gasteiger partial charge in [0.05, 0.1) is 17.4 Å². The standard InChI is InChI=1S/C9H10N2.C2H6/c1-2-11-7-10-8-5-3-4-6-9(8)11;1-2/h3-7H,2H2,1H3;1-2H3. The summed E-state index contributed by atoms with van der Waals surface area (Å²) in [5, 5.41) is 0. The molecule has 1 heterocycles. The number of hydrogen-bond acceptors (Lipinski definition) is 1. The van der Waals surface area contributed by atoms with Gasteiger partial charge in [-0.15, -0.1) is 0 Å². The van der Waals surface area contributed by atoms with Gasteiger partial charge >= 0.3 is 0 Å². The fraction of sp³-hybridized carbons (Fsp3) is 0.364. The van der Waals surface area contributed by atoms with E-state index in [2.05, 4.69) is 22.5 Å². The third kappa shape index (κ3) is 1.89. The number of fused-ring (bicyclic) bond motifs is 1. The molecule has 0 amide bonds. The van der Waals surface area contributed by atoms with Crippen LogP contribution in [0.5, 0.6) is 0 Å². The van der Waals surface area contributed by atoms with Gasteiger partial charge in [0.1, 0.15) is 0 Å². The second kappa shape index (κ2) is 4.65. The highest BCUT2D eigenvalue weighted by Gasteiger charge is 1.96. The summed E-state index contributed by atoms with van der Waals surface area (Å²) in [6.07, 6.45) is 1.88. The number of benzene rings is 1. The normalized spacial score (nSPS) is 9.46. The molecule has 2 rings (SSSR count). The van der Waals surface area contributed by atoms with Crippen LogP contribution >= 0.6 is 0 Å². The Hall–Kier alpha value is -1.31. The van der Waals surface area contributed by atoms with Gasteiger partial charge in [-0.2, -0.15) is 0 Å². The third-order valence-corrected chi connectivity index (χ3v) is 1.87. The van der Waals surface area contributed by atoms with Crippen molar-refractivity contribution in [3.05, 3.63) is 30.6 Å². The Bertz CT molecular complexity index is 363. The molecule has 2 nitrogen and oxygen atoms in total. The molecule has 2 heteroatoms. The lowest BCUT2D eigenvalue weighted by Gasteiger charge is -1.95. The first-order valence-corrected chi connectivity index (χ1v) is 4.81. The molecule has 13 heavy (non-hydrogen) atoms. The van der Waals surface area contributed by atoms with Crippen molar-refractivity contribution in [1.82, 2.24) is 9.55 Å². The van der Waals surface area contributed by atoms with E-state index in [9.17, 15) is 0 Å². The van der Waals surface area contributed by atoms with Crippen molar-refractivity contribution >= 4 is 11.0 Å². The molecule has 0 unspecified atom stereocenters. The second-order valence-electron chi connectivity index (χ2n) is 2.52. The Morgan fingerprint density at radius 1 is 1.23 bits per heavy atom. The van der Waals surface area contributed by atoms with Crippen LogP contribution in [-0.4, -0.2) is 9.55 Å². The Morgan fingerprint density at radius 2 is 1.92 bits per heavy atom. The van der Waals surface area contributed by atoms with Gasteiger partial charge in [-0.1, -0.05) is 26.0 Å². The fourth-order valence-electron chi connectivity index (χ4n) is 1.26. The summed E-state index contributed by atoms with van der Waals surface area (Å²) < 4.78 is 2.13. The summed E-state index contributed by atoms with van der Waals surface area (Å²) in [6.45, 7) is 7.11. The summed E-state index contributed by atoms with van der Waals surface area (Å²) >= 11 is 0. The highest BCUT2D eigenvalue weighted by molar-refractivity contribution is 5.74. The molecule has 0 bridgehead atoms. The van der Waals surface area contributed by atoms with Gasteiger partial charge in [-0.3, -0.25) is 0 Å². The predicted octanol–water partition coefficient (Wildman–Crippen LogP) is 3.08. The van der Waals surface area contributed by atoms with E-state index in [4.69, 9.17) is 0 Å². The average Bonchev–Trinajstić information content (AvgIpc) is 2.64. The molecule has 0 atom stereocenters. The maximum atomic E-state index is 4.25. The average molecular weight is 176 g/mol. The first-order chi connectivity index (χ1) is 6.42. The van der Waals surface area contributed by atoms with E-state index >= 15 is 0 Å². The molecular weight excluding hydrogens is 160 g/mol. The van der Waals surface area contributed by atoms with Gasteiger partial charge < -0.3 is 4.57 Å². The summed E-state index contributed by atoms with van der Waals surface area (Å²) in [7, 11) is 0. The fourth-order valence-corrected chi connectivity index (χ4v) is 1.26. The van der Waals surface area contributed by atoms with Crippen LogP contribution < -0.4 is 0 Å². The Labute approximate surface area is 79.2 Å². The Kier molecular flexibility index (Phi) is 3.50. The summed E-state index contributed by atoms with van der Waals surface area (Å²) in [6, 6.07) is 8.17. The van der Waals surface area contributed by atoms with E-state index in [0.29, 0.717) is 0 Å².